The fraction of sp³-hybridized carbons (Fsp3) is 0.882. The number of likely N-dealkylation sites (tertiary alicyclic amines) is 1. The lowest BCUT2D eigenvalue weighted by Gasteiger charge is -2.39. The van der Waals surface area contributed by atoms with Gasteiger partial charge in [-0.1, -0.05) is 38.4 Å². The second kappa shape index (κ2) is 8.11. The summed E-state index contributed by atoms with van der Waals surface area (Å²) < 4.78 is 0. The highest BCUT2D eigenvalue weighted by Gasteiger charge is 2.34. The molecule has 4 heteroatoms. The normalized spacial score (nSPS) is 30.1. The van der Waals surface area contributed by atoms with E-state index in [0.29, 0.717) is 10.9 Å². The predicted octanol–water partition coefficient (Wildman–Crippen LogP) is 3.65. The van der Waals surface area contributed by atoms with Gasteiger partial charge < -0.3 is 10.6 Å². The van der Waals surface area contributed by atoms with Gasteiger partial charge >= 0.3 is 0 Å². The molecule has 2 aliphatic rings. The zero-order valence-corrected chi connectivity index (χ0v) is 14.2. The Hall–Kier alpha value is -0.640. The van der Waals surface area contributed by atoms with Crippen LogP contribution in [0.1, 0.15) is 71.1 Å². The van der Waals surface area contributed by atoms with Crippen molar-refractivity contribution in [3.63, 3.8) is 0 Å². The van der Waals surface area contributed by atoms with Crippen LogP contribution in [0.4, 0.5) is 0 Å². The van der Waals surface area contributed by atoms with Crippen molar-refractivity contribution in [3.05, 3.63) is 0 Å². The third kappa shape index (κ3) is 4.41. The van der Waals surface area contributed by atoms with E-state index in [1.807, 2.05) is 4.90 Å². The minimum Gasteiger partial charge on any atom is -0.392 e. The van der Waals surface area contributed by atoms with Crippen LogP contribution in [0.3, 0.4) is 0 Å². The lowest BCUT2D eigenvalue weighted by molar-refractivity contribution is -0.139. The smallest absolute Gasteiger partial charge is 0.226 e. The molecule has 1 aliphatic heterocycles. The van der Waals surface area contributed by atoms with Gasteiger partial charge in [0.15, 0.2) is 0 Å². The third-order valence-corrected chi connectivity index (χ3v) is 5.55. The quantitative estimate of drug-likeness (QED) is 0.788. The van der Waals surface area contributed by atoms with Crippen molar-refractivity contribution in [2.45, 2.75) is 77.2 Å². The molecule has 0 spiro atoms. The number of nitrogens with zero attached hydrogens (tertiary/aromatic N) is 1. The maximum atomic E-state index is 12.8. The summed E-state index contributed by atoms with van der Waals surface area (Å²) in [6, 6.07) is 0.0130. The molecule has 0 bridgehead atoms. The Bertz CT molecular complexity index is 364. The van der Waals surface area contributed by atoms with Gasteiger partial charge in [-0.25, -0.2) is 0 Å². The Labute approximate surface area is 134 Å². The Morgan fingerprint density at radius 2 is 1.90 bits per heavy atom. The lowest BCUT2D eigenvalue weighted by Crippen LogP contribution is -2.52. The molecule has 21 heavy (non-hydrogen) atoms. The number of unbranched alkanes of at least 4 members (excludes halogenated alkanes) is 1. The van der Waals surface area contributed by atoms with Gasteiger partial charge in [-0.15, -0.1) is 0 Å². The Morgan fingerprint density at radius 3 is 2.52 bits per heavy atom. The third-order valence-electron chi connectivity index (χ3n) is 5.28. The summed E-state index contributed by atoms with van der Waals surface area (Å²) in [5.41, 5.74) is 5.84. The van der Waals surface area contributed by atoms with Gasteiger partial charge in [0, 0.05) is 12.5 Å². The van der Waals surface area contributed by atoms with Crippen LogP contribution in [-0.2, 0) is 4.79 Å². The molecule has 1 aliphatic carbocycles. The number of carbonyl (C=O) groups excluding carboxylic acids is 1. The number of hydrogen-bond donors (Lipinski definition) is 1. The van der Waals surface area contributed by atoms with Crippen molar-refractivity contribution >= 4 is 23.1 Å². The predicted molar refractivity (Wildman–Crippen MR) is 91.1 cm³/mol. The molecule has 2 fully saturated rings. The van der Waals surface area contributed by atoms with Gasteiger partial charge in [-0.2, -0.15) is 0 Å². The number of nitrogens with two attached hydrogens (primary N) is 1. The van der Waals surface area contributed by atoms with Crippen molar-refractivity contribution in [2.75, 3.05) is 6.54 Å². The average Bonchev–Trinajstić information content (AvgIpc) is 2.52. The molecular weight excluding hydrogens is 280 g/mol. The first-order valence-electron chi connectivity index (χ1n) is 8.73. The topological polar surface area (TPSA) is 46.3 Å². The number of piperidine rings is 1. The Kier molecular flexibility index (Phi) is 6.46. The minimum atomic E-state index is 0.0130. The molecule has 0 aromatic rings. The van der Waals surface area contributed by atoms with Gasteiger partial charge in [0.2, 0.25) is 5.91 Å². The van der Waals surface area contributed by atoms with E-state index in [-0.39, 0.29) is 12.0 Å². The summed E-state index contributed by atoms with van der Waals surface area (Å²) in [6.45, 7) is 3.10. The van der Waals surface area contributed by atoms with E-state index in [4.69, 9.17) is 18.0 Å². The van der Waals surface area contributed by atoms with Gasteiger partial charge in [0.25, 0.3) is 0 Å². The molecular formula is C17H30N2OS. The summed E-state index contributed by atoms with van der Waals surface area (Å²) in [6.07, 6.45) is 11.7. The first-order valence-corrected chi connectivity index (χ1v) is 9.14. The fourth-order valence-corrected chi connectivity index (χ4v) is 4.16. The van der Waals surface area contributed by atoms with E-state index in [1.165, 1.54) is 32.1 Å². The molecule has 2 rings (SSSR count). The van der Waals surface area contributed by atoms with Crippen LogP contribution in [0.15, 0.2) is 0 Å². The van der Waals surface area contributed by atoms with Crippen LogP contribution in [0.5, 0.6) is 0 Å². The highest BCUT2D eigenvalue weighted by Crippen LogP contribution is 2.34. The van der Waals surface area contributed by atoms with Crippen LogP contribution < -0.4 is 5.73 Å². The van der Waals surface area contributed by atoms with Crippen LogP contribution in [-0.4, -0.2) is 28.4 Å². The molecule has 1 amide bonds. The molecule has 0 radical (unpaired) electrons. The second-order valence-corrected chi connectivity index (χ2v) is 7.28. The largest absolute Gasteiger partial charge is 0.392 e. The monoisotopic (exact) mass is 310 g/mol. The highest BCUT2D eigenvalue weighted by molar-refractivity contribution is 7.80. The zero-order chi connectivity index (χ0) is 15.2. The SMILES string of the molecule is CCCCC1CCC(C(=O)N2CCCCC2C(N)=S)CC1. The van der Waals surface area contributed by atoms with Crippen molar-refractivity contribution in [1.29, 1.82) is 0 Å². The Balaban J connectivity index is 1.87. The summed E-state index contributed by atoms with van der Waals surface area (Å²) >= 11 is 5.16. The molecule has 1 saturated heterocycles. The zero-order valence-electron chi connectivity index (χ0n) is 13.4. The lowest BCUT2D eigenvalue weighted by atomic mass is 9.79. The number of hydrogen-bond acceptors (Lipinski definition) is 2. The van der Waals surface area contributed by atoms with Crippen molar-refractivity contribution in [2.24, 2.45) is 17.6 Å². The van der Waals surface area contributed by atoms with Crippen LogP contribution in [0, 0.1) is 11.8 Å². The first-order chi connectivity index (χ1) is 10.1. The van der Waals surface area contributed by atoms with E-state index >= 15 is 0 Å². The maximum Gasteiger partial charge on any atom is 0.226 e. The van der Waals surface area contributed by atoms with E-state index in [0.717, 1.165) is 44.6 Å². The first kappa shape index (κ1) is 16.7. The standard InChI is InChI=1S/C17H30N2OS/c1-2-3-6-13-8-10-14(11-9-13)17(20)19-12-5-4-7-15(19)16(18)21/h13-15H,2-12H2,1H3,(H2,18,21). The van der Waals surface area contributed by atoms with E-state index in [9.17, 15) is 4.79 Å². The Morgan fingerprint density at radius 1 is 1.19 bits per heavy atom. The van der Waals surface area contributed by atoms with Crippen LogP contribution >= 0.6 is 12.2 Å². The number of rotatable bonds is 5. The van der Waals surface area contributed by atoms with Crippen molar-refractivity contribution in [1.82, 2.24) is 4.90 Å². The second-order valence-electron chi connectivity index (χ2n) is 6.81. The van der Waals surface area contributed by atoms with Gasteiger partial charge in [0.05, 0.1) is 11.0 Å². The molecule has 0 aromatic heterocycles. The molecule has 1 heterocycles. The number of thiocarbonyl (C=S) groups is 1. The van der Waals surface area contributed by atoms with Crippen molar-refractivity contribution < 1.29 is 4.79 Å². The molecule has 2 N–H and O–H groups in total. The summed E-state index contributed by atoms with van der Waals surface area (Å²) in [5.74, 6) is 1.39. The van der Waals surface area contributed by atoms with E-state index < -0.39 is 0 Å². The average molecular weight is 311 g/mol. The highest BCUT2D eigenvalue weighted by atomic mass is 32.1. The van der Waals surface area contributed by atoms with Gasteiger partial charge in [-0.3, -0.25) is 4.79 Å². The molecule has 120 valence electrons. The molecule has 1 unspecified atom stereocenters. The number of amides is 1. The fourth-order valence-electron chi connectivity index (χ4n) is 3.92. The van der Waals surface area contributed by atoms with Crippen LogP contribution in [0.25, 0.3) is 0 Å². The summed E-state index contributed by atoms with van der Waals surface area (Å²) in [5, 5.41) is 0. The molecule has 3 nitrogen and oxygen atoms in total. The van der Waals surface area contributed by atoms with Gasteiger partial charge in [0.1, 0.15) is 0 Å². The maximum absolute atomic E-state index is 12.8. The van der Waals surface area contributed by atoms with Gasteiger partial charge in [-0.05, 0) is 50.9 Å². The minimum absolute atomic E-state index is 0.0130. The summed E-state index contributed by atoms with van der Waals surface area (Å²) in [4.78, 5) is 15.3. The van der Waals surface area contributed by atoms with Crippen LogP contribution in [0.2, 0.25) is 0 Å². The van der Waals surface area contributed by atoms with E-state index in [2.05, 4.69) is 6.92 Å². The molecule has 1 saturated carbocycles. The van der Waals surface area contributed by atoms with E-state index in [1.54, 1.807) is 0 Å². The summed E-state index contributed by atoms with van der Waals surface area (Å²) in [7, 11) is 0. The molecule has 0 aromatic carbocycles. The number of carbonyl (C=O) groups is 1. The molecule has 1 atom stereocenters. The van der Waals surface area contributed by atoms with Crippen molar-refractivity contribution in [3.8, 4) is 0 Å².